The highest BCUT2D eigenvalue weighted by molar-refractivity contribution is 5.93. The molecule has 0 saturated carbocycles. The number of carbonyl (C=O) groups is 1. The van der Waals surface area contributed by atoms with Crippen LogP contribution in [0.15, 0.2) is 66.9 Å². The van der Waals surface area contributed by atoms with Crippen molar-refractivity contribution in [3.8, 4) is 11.5 Å². The second-order valence-electron chi connectivity index (χ2n) is 6.77. The summed E-state index contributed by atoms with van der Waals surface area (Å²) < 4.78 is 10.7. The molecule has 4 rings (SSSR count). The van der Waals surface area contributed by atoms with Crippen LogP contribution in [0.2, 0.25) is 0 Å². The zero-order chi connectivity index (χ0) is 20.1. The second kappa shape index (κ2) is 8.65. The fourth-order valence-electron chi connectivity index (χ4n) is 3.25. The Bertz CT molecular complexity index is 992. The van der Waals surface area contributed by atoms with Gasteiger partial charge in [0, 0.05) is 31.5 Å². The summed E-state index contributed by atoms with van der Waals surface area (Å²) in [4.78, 5) is 19.1. The molecule has 2 heterocycles. The Labute approximate surface area is 170 Å². The van der Waals surface area contributed by atoms with Gasteiger partial charge in [-0.3, -0.25) is 9.78 Å². The van der Waals surface area contributed by atoms with Crippen molar-refractivity contribution in [2.45, 2.75) is 20.0 Å². The monoisotopic (exact) mass is 389 g/mol. The Hall–Kier alpha value is -3.54. The van der Waals surface area contributed by atoms with Crippen LogP contribution in [0.5, 0.6) is 11.5 Å². The zero-order valence-corrected chi connectivity index (χ0v) is 16.3. The SMILES string of the molecule is CCN(Cc1ccccc1)c1ccnc(C(=O)NCc2ccc3c(c2)OCO3)c1. The first-order valence-corrected chi connectivity index (χ1v) is 9.64. The first kappa shape index (κ1) is 18.8. The van der Waals surface area contributed by atoms with Crippen LogP contribution in [-0.2, 0) is 13.1 Å². The molecule has 3 aromatic rings. The van der Waals surface area contributed by atoms with Crippen LogP contribution in [0.25, 0.3) is 0 Å². The van der Waals surface area contributed by atoms with Gasteiger partial charge in [0.2, 0.25) is 6.79 Å². The maximum atomic E-state index is 12.6. The van der Waals surface area contributed by atoms with Crippen LogP contribution in [0.3, 0.4) is 0 Å². The molecule has 1 aliphatic heterocycles. The maximum absolute atomic E-state index is 12.6. The number of rotatable bonds is 7. The molecule has 1 aliphatic rings. The zero-order valence-electron chi connectivity index (χ0n) is 16.3. The minimum absolute atomic E-state index is 0.208. The van der Waals surface area contributed by atoms with Gasteiger partial charge < -0.3 is 19.7 Å². The summed E-state index contributed by atoms with van der Waals surface area (Å²) in [6.07, 6.45) is 1.68. The number of pyridine rings is 1. The van der Waals surface area contributed by atoms with Crippen molar-refractivity contribution < 1.29 is 14.3 Å². The quantitative estimate of drug-likeness (QED) is 0.667. The van der Waals surface area contributed by atoms with Crippen molar-refractivity contribution >= 4 is 11.6 Å². The van der Waals surface area contributed by atoms with Crippen LogP contribution in [0, 0.1) is 0 Å². The number of nitrogens with one attached hydrogen (secondary N) is 1. The normalized spacial score (nSPS) is 11.9. The molecular formula is C23H23N3O3. The molecule has 1 aromatic heterocycles. The smallest absolute Gasteiger partial charge is 0.270 e. The van der Waals surface area contributed by atoms with Crippen LogP contribution in [-0.4, -0.2) is 24.2 Å². The van der Waals surface area contributed by atoms with Crippen molar-refractivity contribution in [1.29, 1.82) is 0 Å². The molecule has 0 unspecified atom stereocenters. The lowest BCUT2D eigenvalue weighted by atomic mass is 10.2. The van der Waals surface area contributed by atoms with Crippen LogP contribution in [0.4, 0.5) is 5.69 Å². The van der Waals surface area contributed by atoms with Gasteiger partial charge in [0.25, 0.3) is 5.91 Å². The minimum atomic E-state index is -0.208. The second-order valence-corrected chi connectivity index (χ2v) is 6.77. The summed E-state index contributed by atoms with van der Waals surface area (Å²) in [6.45, 7) is 4.33. The van der Waals surface area contributed by atoms with E-state index in [1.165, 1.54) is 5.56 Å². The molecule has 0 saturated heterocycles. The number of ether oxygens (including phenoxy) is 2. The highest BCUT2D eigenvalue weighted by atomic mass is 16.7. The van der Waals surface area contributed by atoms with E-state index in [9.17, 15) is 4.79 Å². The molecule has 0 spiro atoms. The van der Waals surface area contributed by atoms with E-state index in [0.717, 1.165) is 30.1 Å². The van der Waals surface area contributed by atoms with Crippen molar-refractivity contribution in [3.05, 3.63) is 83.7 Å². The van der Waals surface area contributed by atoms with Gasteiger partial charge in [0.1, 0.15) is 5.69 Å². The number of fused-ring (bicyclic) bond motifs is 1. The fraction of sp³-hybridized carbons (Fsp3) is 0.217. The lowest BCUT2D eigenvalue weighted by Crippen LogP contribution is -2.25. The van der Waals surface area contributed by atoms with E-state index in [1.54, 1.807) is 6.20 Å². The summed E-state index contributed by atoms with van der Waals surface area (Å²) in [7, 11) is 0. The Morgan fingerprint density at radius 2 is 1.86 bits per heavy atom. The third-order valence-electron chi connectivity index (χ3n) is 4.83. The van der Waals surface area contributed by atoms with Gasteiger partial charge in [-0.1, -0.05) is 36.4 Å². The average Bonchev–Trinajstić information content (AvgIpc) is 3.24. The first-order chi connectivity index (χ1) is 14.2. The lowest BCUT2D eigenvalue weighted by Gasteiger charge is -2.23. The molecular weight excluding hydrogens is 366 g/mol. The molecule has 0 atom stereocenters. The highest BCUT2D eigenvalue weighted by Crippen LogP contribution is 2.32. The topological polar surface area (TPSA) is 63.7 Å². The molecule has 0 aliphatic carbocycles. The number of hydrogen-bond acceptors (Lipinski definition) is 5. The number of hydrogen-bond donors (Lipinski definition) is 1. The fourth-order valence-corrected chi connectivity index (χ4v) is 3.25. The Morgan fingerprint density at radius 3 is 2.69 bits per heavy atom. The number of benzene rings is 2. The molecule has 1 N–H and O–H groups in total. The number of nitrogens with zero attached hydrogens (tertiary/aromatic N) is 2. The predicted octanol–water partition coefficient (Wildman–Crippen LogP) is 3.77. The standard InChI is InChI=1S/C23H23N3O3/c1-2-26(15-17-6-4-3-5-7-17)19-10-11-24-20(13-19)23(27)25-14-18-8-9-21-22(12-18)29-16-28-21/h3-13H,2,14-16H2,1H3,(H,25,27). The summed E-state index contributed by atoms with van der Waals surface area (Å²) in [5.41, 5.74) is 3.53. The summed E-state index contributed by atoms with van der Waals surface area (Å²) in [6, 6.07) is 19.7. The largest absolute Gasteiger partial charge is 0.454 e. The van der Waals surface area contributed by atoms with Gasteiger partial charge in [0.05, 0.1) is 0 Å². The summed E-state index contributed by atoms with van der Waals surface area (Å²) in [5, 5.41) is 2.92. The number of anilines is 1. The van der Waals surface area contributed by atoms with E-state index in [2.05, 4.69) is 34.3 Å². The average molecular weight is 389 g/mol. The van der Waals surface area contributed by atoms with E-state index < -0.39 is 0 Å². The summed E-state index contributed by atoms with van der Waals surface area (Å²) in [5.74, 6) is 1.23. The van der Waals surface area contributed by atoms with Gasteiger partial charge in [-0.05, 0) is 42.3 Å². The van der Waals surface area contributed by atoms with Gasteiger partial charge in [-0.25, -0.2) is 0 Å². The van der Waals surface area contributed by atoms with Gasteiger partial charge >= 0.3 is 0 Å². The third kappa shape index (κ3) is 4.48. The molecule has 1 amide bonds. The maximum Gasteiger partial charge on any atom is 0.270 e. The van der Waals surface area contributed by atoms with Gasteiger partial charge in [-0.2, -0.15) is 0 Å². The number of amides is 1. The Morgan fingerprint density at radius 1 is 1.03 bits per heavy atom. The van der Waals surface area contributed by atoms with Crippen LogP contribution >= 0.6 is 0 Å². The Kier molecular flexibility index (Phi) is 5.61. The lowest BCUT2D eigenvalue weighted by molar-refractivity contribution is 0.0946. The van der Waals surface area contributed by atoms with Crippen LogP contribution < -0.4 is 19.7 Å². The number of aromatic nitrogens is 1. The molecule has 2 aromatic carbocycles. The van der Waals surface area contributed by atoms with Gasteiger partial charge in [0.15, 0.2) is 11.5 Å². The molecule has 148 valence electrons. The predicted molar refractivity (Wildman–Crippen MR) is 111 cm³/mol. The molecule has 29 heavy (non-hydrogen) atoms. The molecule has 6 heteroatoms. The van der Waals surface area contributed by atoms with Crippen LogP contribution in [0.1, 0.15) is 28.5 Å². The van der Waals surface area contributed by atoms with Crippen molar-refractivity contribution in [2.75, 3.05) is 18.2 Å². The first-order valence-electron chi connectivity index (χ1n) is 9.64. The number of carbonyl (C=O) groups excluding carboxylic acids is 1. The molecule has 0 fully saturated rings. The van der Waals surface area contributed by atoms with Crippen molar-refractivity contribution in [2.24, 2.45) is 0 Å². The van der Waals surface area contributed by atoms with Crippen molar-refractivity contribution in [3.63, 3.8) is 0 Å². The minimum Gasteiger partial charge on any atom is -0.454 e. The van der Waals surface area contributed by atoms with Gasteiger partial charge in [-0.15, -0.1) is 0 Å². The molecule has 0 radical (unpaired) electrons. The van der Waals surface area contributed by atoms with E-state index in [4.69, 9.17) is 9.47 Å². The molecule has 0 bridgehead atoms. The highest BCUT2D eigenvalue weighted by Gasteiger charge is 2.15. The van der Waals surface area contributed by atoms with E-state index >= 15 is 0 Å². The van der Waals surface area contributed by atoms with E-state index in [0.29, 0.717) is 18.0 Å². The van der Waals surface area contributed by atoms with Crippen molar-refractivity contribution in [1.82, 2.24) is 10.3 Å². The van der Waals surface area contributed by atoms with E-state index in [-0.39, 0.29) is 12.7 Å². The third-order valence-corrected chi connectivity index (χ3v) is 4.83. The summed E-state index contributed by atoms with van der Waals surface area (Å²) >= 11 is 0. The Balaban J connectivity index is 1.42. The molecule has 6 nitrogen and oxygen atoms in total. The van der Waals surface area contributed by atoms with E-state index in [1.807, 2.05) is 48.5 Å².